The maximum absolute atomic E-state index is 11.8. The molecule has 0 aromatic carbocycles. The van der Waals surface area contributed by atoms with Gasteiger partial charge in [-0.2, -0.15) is 0 Å². The summed E-state index contributed by atoms with van der Waals surface area (Å²) in [5, 5.41) is 6.72. The van der Waals surface area contributed by atoms with E-state index in [0.717, 1.165) is 31.2 Å². The number of hydrogen-bond donors (Lipinski definition) is 2. The molecule has 0 aromatic rings. The van der Waals surface area contributed by atoms with Crippen LogP contribution in [0.15, 0.2) is 0 Å². The second-order valence-corrected chi connectivity index (χ2v) is 6.07. The molecule has 1 aliphatic heterocycles. The highest BCUT2D eigenvalue weighted by Gasteiger charge is 2.33. The van der Waals surface area contributed by atoms with Gasteiger partial charge in [-0.1, -0.05) is 26.2 Å². The first-order chi connectivity index (χ1) is 8.79. The van der Waals surface area contributed by atoms with Gasteiger partial charge in [0.2, 0.25) is 5.91 Å². The van der Waals surface area contributed by atoms with E-state index in [1.165, 1.54) is 45.1 Å². The Hall–Kier alpha value is -0.570. The Kier molecular flexibility index (Phi) is 5.48. The van der Waals surface area contributed by atoms with Crippen LogP contribution in [-0.2, 0) is 4.79 Å². The van der Waals surface area contributed by atoms with Crippen LogP contribution in [0, 0.1) is 11.8 Å². The zero-order valence-electron chi connectivity index (χ0n) is 11.7. The first-order valence-corrected chi connectivity index (χ1v) is 7.79. The Morgan fingerprint density at radius 3 is 2.83 bits per heavy atom. The number of amides is 1. The highest BCUT2D eigenvalue weighted by Crippen LogP contribution is 2.32. The molecule has 1 aliphatic carbocycles. The number of hydrogen-bond acceptors (Lipinski definition) is 2. The van der Waals surface area contributed by atoms with Gasteiger partial charge in [0.1, 0.15) is 0 Å². The van der Waals surface area contributed by atoms with E-state index in [1.54, 1.807) is 0 Å². The van der Waals surface area contributed by atoms with Gasteiger partial charge < -0.3 is 10.6 Å². The van der Waals surface area contributed by atoms with E-state index in [2.05, 4.69) is 17.6 Å². The third kappa shape index (κ3) is 3.98. The molecule has 1 saturated carbocycles. The molecule has 1 saturated heterocycles. The standard InChI is InChI=1S/C15H28N2O/c1-2-3-4-5-6-15(18)17-14-8-7-12-10-16-11-13(12)9-14/h12-14,16H,2-11H2,1H3,(H,17,18)/t12-,13+,14?/m0/s1. The zero-order chi connectivity index (χ0) is 12.8. The Bertz CT molecular complexity index is 267. The molecule has 2 aliphatic rings. The van der Waals surface area contributed by atoms with Crippen molar-refractivity contribution in [3.63, 3.8) is 0 Å². The van der Waals surface area contributed by atoms with Gasteiger partial charge in [0.05, 0.1) is 0 Å². The number of unbranched alkanes of at least 4 members (excludes halogenated alkanes) is 3. The van der Waals surface area contributed by atoms with Gasteiger partial charge in [0.25, 0.3) is 0 Å². The largest absolute Gasteiger partial charge is 0.353 e. The highest BCUT2D eigenvalue weighted by atomic mass is 16.1. The van der Waals surface area contributed by atoms with Crippen LogP contribution in [0.4, 0.5) is 0 Å². The molecule has 1 heterocycles. The molecule has 18 heavy (non-hydrogen) atoms. The van der Waals surface area contributed by atoms with Crippen LogP contribution >= 0.6 is 0 Å². The van der Waals surface area contributed by atoms with E-state index in [4.69, 9.17) is 0 Å². The van der Waals surface area contributed by atoms with Crippen LogP contribution in [0.3, 0.4) is 0 Å². The zero-order valence-corrected chi connectivity index (χ0v) is 11.7. The summed E-state index contributed by atoms with van der Waals surface area (Å²) in [6, 6.07) is 0.449. The van der Waals surface area contributed by atoms with Crippen molar-refractivity contribution in [1.29, 1.82) is 0 Å². The summed E-state index contributed by atoms with van der Waals surface area (Å²) in [5.41, 5.74) is 0. The van der Waals surface area contributed by atoms with Crippen molar-refractivity contribution in [2.24, 2.45) is 11.8 Å². The van der Waals surface area contributed by atoms with Gasteiger partial charge in [-0.25, -0.2) is 0 Å². The monoisotopic (exact) mass is 252 g/mol. The van der Waals surface area contributed by atoms with Crippen LogP contribution in [-0.4, -0.2) is 25.0 Å². The first kappa shape index (κ1) is 13.9. The summed E-state index contributed by atoms with van der Waals surface area (Å²) in [5.74, 6) is 1.97. The summed E-state index contributed by atoms with van der Waals surface area (Å²) in [4.78, 5) is 11.8. The summed E-state index contributed by atoms with van der Waals surface area (Å²) in [6.45, 7) is 4.56. The van der Waals surface area contributed by atoms with Crippen molar-refractivity contribution in [1.82, 2.24) is 10.6 Å². The van der Waals surface area contributed by atoms with Gasteiger partial charge in [-0.05, 0) is 50.6 Å². The fourth-order valence-corrected chi connectivity index (χ4v) is 3.44. The maximum atomic E-state index is 11.8. The van der Waals surface area contributed by atoms with Crippen molar-refractivity contribution < 1.29 is 4.79 Å². The molecular weight excluding hydrogens is 224 g/mol. The Balaban J connectivity index is 1.62. The molecule has 0 radical (unpaired) electrons. The number of fused-ring (bicyclic) bond motifs is 1. The third-order valence-electron chi connectivity index (χ3n) is 4.58. The number of carbonyl (C=O) groups excluding carboxylic acids is 1. The van der Waals surface area contributed by atoms with Crippen molar-refractivity contribution >= 4 is 5.91 Å². The third-order valence-corrected chi connectivity index (χ3v) is 4.58. The predicted octanol–water partition coefficient (Wildman–Crippen LogP) is 2.46. The van der Waals surface area contributed by atoms with Gasteiger partial charge >= 0.3 is 0 Å². The fraction of sp³-hybridized carbons (Fsp3) is 0.933. The molecule has 3 heteroatoms. The number of rotatable bonds is 6. The normalized spacial score (nSPS) is 31.1. The van der Waals surface area contributed by atoms with E-state index in [0.29, 0.717) is 6.04 Å². The van der Waals surface area contributed by atoms with Crippen LogP contribution in [0.5, 0.6) is 0 Å². The molecule has 3 atom stereocenters. The predicted molar refractivity (Wildman–Crippen MR) is 74.4 cm³/mol. The smallest absolute Gasteiger partial charge is 0.220 e. The molecule has 1 amide bonds. The molecular formula is C15H28N2O. The SMILES string of the molecule is CCCCCCC(=O)NC1CC[C@H]2CNC[C@H]2C1. The van der Waals surface area contributed by atoms with Crippen molar-refractivity contribution in [3.8, 4) is 0 Å². The van der Waals surface area contributed by atoms with Gasteiger partial charge in [-0.3, -0.25) is 4.79 Å². The minimum atomic E-state index is 0.278. The summed E-state index contributed by atoms with van der Waals surface area (Å²) in [7, 11) is 0. The molecule has 1 unspecified atom stereocenters. The topological polar surface area (TPSA) is 41.1 Å². The van der Waals surface area contributed by atoms with Crippen molar-refractivity contribution in [2.45, 2.75) is 64.3 Å². The van der Waals surface area contributed by atoms with Crippen LogP contribution < -0.4 is 10.6 Å². The van der Waals surface area contributed by atoms with Crippen LogP contribution in [0.25, 0.3) is 0 Å². The van der Waals surface area contributed by atoms with Gasteiger partial charge in [0.15, 0.2) is 0 Å². The van der Waals surface area contributed by atoms with E-state index < -0.39 is 0 Å². The lowest BCUT2D eigenvalue weighted by molar-refractivity contribution is -0.122. The summed E-state index contributed by atoms with van der Waals surface area (Å²) < 4.78 is 0. The Labute approximate surface area is 111 Å². The van der Waals surface area contributed by atoms with Crippen molar-refractivity contribution in [2.75, 3.05) is 13.1 Å². The summed E-state index contributed by atoms with van der Waals surface area (Å²) >= 11 is 0. The quantitative estimate of drug-likeness (QED) is 0.713. The molecule has 104 valence electrons. The van der Waals surface area contributed by atoms with Crippen LogP contribution in [0.2, 0.25) is 0 Å². The second-order valence-electron chi connectivity index (χ2n) is 6.07. The molecule has 2 rings (SSSR count). The first-order valence-electron chi connectivity index (χ1n) is 7.79. The van der Waals surface area contributed by atoms with Crippen LogP contribution in [0.1, 0.15) is 58.3 Å². The highest BCUT2D eigenvalue weighted by molar-refractivity contribution is 5.76. The minimum Gasteiger partial charge on any atom is -0.353 e. The summed E-state index contributed by atoms with van der Waals surface area (Å²) in [6.07, 6.45) is 9.14. The fourth-order valence-electron chi connectivity index (χ4n) is 3.44. The molecule has 2 fully saturated rings. The average molecular weight is 252 g/mol. The minimum absolute atomic E-state index is 0.278. The van der Waals surface area contributed by atoms with Gasteiger partial charge in [-0.15, -0.1) is 0 Å². The van der Waals surface area contributed by atoms with E-state index in [1.807, 2.05) is 0 Å². The lowest BCUT2D eigenvalue weighted by atomic mass is 9.79. The number of carbonyl (C=O) groups is 1. The number of nitrogens with one attached hydrogen (secondary N) is 2. The Morgan fingerprint density at radius 2 is 2.00 bits per heavy atom. The molecule has 0 aromatic heterocycles. The average Bonchev–Trinajstić information content (AvgIpc) is 2.82. The Morgan fingerprint density at radius 1 is 1.17 bits per heavy atom. The lowest BCUT2D eigenvalue weighted by Gasteiger charge is -2.31. The van der Waals surface area contributed by atoms with E-state index in [9.17, 15) is 4.79 Å². The second kappa shape index (κ2) is 7.13. The molecule has 0 spiro atoms. The lowest BCUT2D eigenvalue weighted by Crippen LogP contribution is -2.40. The van der Waals surface area contributed by atoms with E-state index in [-0.39, 0.29) is 5.91 Å². The molecule has 2 N–H and O–H groups in total. The van der Waals surface area contributed by atoms with E-state index >= 15 is 0 Å². The van der Waals surface area contributed by atoms with Gasteiger partial charge in [0, 0.05) is 12.5 Å². The van der Waals surface area contributed by atoms with Crippen molar-refractivity contribution in [3.05, 3.63) is 0 Å². The molecule has 3 nitrogen and oxygen atoms in total. The maximum Gasteiger partial charge on any atom is 0.220 e. The molecule has 0 bridgehead atoms.